The van der Waals surface area contributed by atoms with Gasteiger partial charge in [-0.15, -0.1) is 0 Å². The zero-order valence-corrected chi connectivity index (χ0v) is 11.5. The van der Waals surface area contributed by atoms with Gasteiger partial charge in [-0.2, -0.15) is 10.5 Å². The summed E-state index contributed by atoms with van der Waals surface area (Å²) in [6.07, 6.45) is 1.17. The Morgan fingerprint density at radius 3 is 2.19 bits per heavy atom. The summed E-state index contributed by atoms with van der Waals surface area (Å²) < 4.78 is 0. The van der Waals surface area contributed by atoms with Crippen molar-refractivity contribution in [2.75, 3.05) is 13.2 Å². The molecule has 0 fully saturated rings. The van der Waals surface area contributed by atoms with Crippen molar-refractivity contribution in [2.24, 2.45) is 0 Å². The van der Waals surface area contributed by atoms with E-state index in [-0.39, 0.29) is 50.8 Å². The number of nitrogens with zero attached hydrogens (tertiary/aromatic N) is 2. The van der Waals surface area contributed by atoms with E-state index >= 15 is 0 Å². The molecule has 0 aromatic carbocycles. The van der Waals surface area contributed by atoms with Crippen molar-refractivity contribution in [3.05, 3.63) is 0 Å². The molecule has 2 radical (unpaired) electrons. The van der Waals surface area contributed by atoms with Gasteiger partial charge in [0.15, 0.2) is 12.1 Å². The normalized spacial score (nSPS) is 9.50. The molecule has 0 aromatic heterocycles. The predicted octanol–water partition coefficient (Wildman–Crippen LogP) is -0.526. The third kappa shape index (κ3) is 16.1. The molecule has 0 saturated carbocycles. The Balaban J connectivity index is -0.000000292. The van der Waals surface area contributed by atoms with Gasteiger partial charge in [-0.1, -0.05) is 6.92 Å². The van der Waals surface area contributed by atoms with Gasteiger partial charge in [-0.05, 0) is 19.4 Å². The molecule has 86 valence electrons. The van der Waals surface area contributed by atoms with Gasteiger partial charge in [-0.3, -0.25) is 4.79 Å². The maximum atomic E-state index is 10.4. The van der Waals surface area contributed by atoms with Crippen molar-refractivity contribution in [3.8, 4) is 12.1 Å². The van der Waals surface area contributed by atoms with Gasteiger partial charge >= 0.3 is 5.97 Å². The zero-order valence-electron chi connectivity index (χ0n) is 9.31. The number of carboxylic acid groups (broad SMARTS) is 1. The van der Waals surface area contributed by atoms with Crippen molar-refractivity contribution < 1.29 is 15.0 Å². The fourth-order valence-corrected chi connectivity index (χ4v) is 0.761. The molecule has 0 aliphatic rings. The van der Waals surface area contributed by atoms with Gasteiger partial charge in [0.05, 0.1) is 0 Å². The summed E-state index contributed by atoms with van der Waals surface area (Å²) in [4.78, 5) is 10.4. The van der Waals surface area contributed by atoms with Crippen LogP contribution < -0.4 is 5.32 Å². The minimum atomic E-state index is -0.896. The first kappa shape index (κ1) is 21.0. The first-order valence-corrected chi connectivity index (χ1v) is 4.49. The van der Waals surface area contributed by atoms with Crippen molar-refractivity contribution in [3.63, 3.8) is 0 Å². The molecule has 6 nitrogen and oxygen atoms in total. The Bertz CT molecular complexity index is 235. The van der Waals surface area contributed by atoms with Crippen molar-refractivity contribution in [2.45, 2.75) is 25.8 Å². The molecular weight excluding hydrogens is 238 g/mol. The van der Waals surface area contributed by atoms with Crippen LogP contribution in [0.25, 0.3) is 0 Å². The van der Waals surface area contributed by atoms with E-state index in [1.54, 1.807) is 0 Å². The summed E-state index contributed by atoms with van der Waals surface area (Å²) in [5, 5.41) is 34.4. The average molecular weight is 253 g/mol. The summed E-state index contributed by atoms with van der Waals surface area (Å²) in [5.74, 6) is -0.896. The molecule has 0 heterocycles. The number of nitrogens with one attached hydrogen (secondary N) is 1. The second kappa shape index (κ2) is 17.0. The van der Waals surface area contributed by atoms with Crippen LogP contribution in [0.3, 0.4) is 0 Å². The number of aliphatic carboxylic acids is 1. The Labute approximate surface area is 125 Å². The van der Waals surface area contributed by atoms with Gasteiger partial charge in [-0.25, -0.2) is 0 Å². The third-order valence-corrected chi connectivity index (χ3v) is 1.41. The van der Waals surface area contributed by atoms with Crippen LogP contribution in [-0.4, -0.2) is 73.1 Å². The first-order chi connectivity index (χ1) is 7.13. The molecule has 0 amide bonds. The average Bonchev–Trinajstić information content (AvgIpc) is 2.24. The van der Waals surface area contributed by atoms with Crippen LogP contribution >= 0.6 is 0 Å². The summed E-state index contributed by atoms with van der Waals surface area (Å²) >= 11 is 0. The topological polar surface area (TPSA) is 117 Å². The number of aliphatic hydroxyl groups is 1. The van der Waals surface area contributed by atoms with Crippen LogP contribution in [0, 0.1) is 22.7 Å². The number of carboxylic acids is 1. The van der Waals surface area contributed by atoms with Crippen LogP contribution in [0.4, 0.5) is 0 Å². The van der Waals surface area contributed by atoms with E-state index in [0.717, 1.165) is 6.42 Å². The molecule has 0 rings (SSSR count). The monoisotopic (exact) mass is 253 g/mol. The molecule has 0 aliphatic carbocycles. The molecule has 1 atom stereocenters. The summed E-state index contributed by atoms with van der Waals surface area (Å²) in [5.41, 5.74) is 0. The van der Waals surface area contributed by atoms with E-state index < -0.39 is 12.0 Å². The second-order valence-electron chi connectivity index (χ2n) is 2.58. The fourth-order valence-electron chi connectivity index (χ4n) is 0.761. The van der Waals surface area contributed by atoms with Gasteiger partial charge in [0.1, 0.15) is 6.04 Å². The Kier molecular flexibility index (Phi) is 22.3. The molecule has 0 aromatic rings. The van der Waals surface area contributed by atoms with E-state index in [2.05, 4.69) is 5.32 Å². The number of rotatable bonds is 6. The molecule has 0 saturated heterocycles. The predicted molar refractivity (Wildman–Crippen MR) is 58.4 cm³/mol. The summed E-state index contributed by atoms with van der Waals surface area (Å²) in [7, 11) is 0. The molecule has 3 N–H and O–H groups in total. The van der Waals surface area contributed by atoms with E-state index in [9.17, 15) is 4.79 Å². The van der Waals surface area contributed by atoms with Crippen LogP contribution in [0.5, 0.6) is 0 Å². The standard InChI is InChI=1S/C7H15NO3.C2N2.Ca/c1-2-4-8-6(3-5-9)7(10)11;3-1-2-4;/h6,8-9H,2-5H2,1H3,(H,10,11);;/t6-;;/m0../s1. The summed E-state index contributed by atoms with van der Waals surface area (Å²) in [6.45, 7) is 2.55. The van der Waals surface area contributed by atoms with E-state index in [1.165, 1.54) is 12.1 Å². The van der Waals surface area contributed by atoms with E-state index in [0.29, 0.717) is 6.54 Å². The maximum Gasteiger partial charge on any atom is 0.320 e. The van der Waals surface area contributed by atoms with E-state index in [1.807, 2.05) is 6.92 Å². The molecule has 0 spiro atoms. The van der Waals surface area contributed by atoms with Crippen LogP contribution in [-0.2, 0) is 4.79 Å². The smallest absolute Gasteiger partial charge is 0.320 e. The third-order valence-electron chi connectivity index (χ3n) is 1.41. The van der Waals surface area contributed by atoms with Crippen LogP contribution in [0.2, 0.25) is 0 Å². The Hall–Kier alpha value is -0.370. The van der Waals surface area contributed by atoms with Gasteiger partial charge in [0.2, 0.25) is 0 Å². The quantitative estimate of drug-likeness (QED) is 0.548. The number of aliphatic hydroxyl groups excluding tert-OH is 1. The SMILES string of the molecule is CCCN[C@@H](CCO)C(=O)O.N#CC#N.[Ca]. The molecule has 16 heavy (non-hydrogen) atoms. The van der Waals surface area contributed by atoms with Gasteiger partial charge in [0.25, 0.3) is 0 Å². The molecule has 7 heteroatoms. The largest absolute Gasteiger partial charge is 0.480 e. The van der Waals surface area contributed by atoms with Gasteiger partial charge < -0.3 is 15.5 Å². The van der Waals surface area contributed by atoms with Crippen molar-refractivity contribution in [1.29, 1.82) is 10.5 Å². The maximum absolute atomic E-state index is 10.4. The number of hydrogen-bond acceptors (Lipinski definition) is 5. The van der Waals surface area contributed by atoms with Gasteiger partial charge in [0, 0.05) is 44.3 Å². The molecule has 0 bridgehead atoms. The minimum Gasteiger partial charge on any atom is -0.480 e. The Morgan fingerprint density at radius 1 is 1.44 bits per heavy atom. The fraction of sp³-hybridized carbons (Fsp3) is 0.667. The number of hydrogen-bond donors (Lipinski definition) is 3. The van der Waals surface area contributed by atoms with Crippen molar-refractivity contribution in [1.82, 2.24) is 5.32 Å². The minimum absolute atomic E-state index is 0. The van der Waals surface area contributed by atoms with Crippen LogP contribution in [0.15, 0.2) is 0 Å². The first-order valence-electron chi connectivity index (χ1n) is 4.49. The second-order valence-corrected chi connectivity index (χ2v) is 2.58. The number of carbonyl (C=O) groups is 1. The van der Waals surface area contributed by atoms with E-state index in [4.69, 9.17) is 20.7 Å². The van der Waals surface area contributed by atoms with Crippen LogP contribution in [0.1, 0.15) is 19.8 Å². The number of nitriles is 2. The molecule has 0 aliphatic heterocycles. The molecule has 0 unspecified atom stereocenters. The molecular formula is C9H15CaN3O3. The zero-order chi connectivity index (χ0) is 12.1. The summed E-state index contributed by atoms with van der Waals surface area (Å²) in [6, 6.07) is 1.87. The Morgan fingerprint density at radius 2 is 1.94 bits per heavy atom. The van der Waals surface area contributed by atoms with Crippen molar-refractivity contribution >= 4 is 43.7 Å².